The summed E-state index contributed by atoms with van der Waals surface area (Å²) >= 11 is 0. The van der Waals surface area contributed by atoms with Crippen LogP contribution in [0.3, 0.4) is 0 Å². The number of fused-ring (bicyclic) bond motifs is 2. The van der Waals surface area contributed by atoms with Gasteiger partial charge in [0, 0.05) is 28.7 Å². The van der Waals surface area contributed by atoms with Gasteiger partial charge >= 0.3 is 68.5 Å². The Hall–Kier alpha value is -1.92. The minimum absolute atomic E-state index is 0. The molecule has 0 aromatic heterocycles. The molecule has 2 aliphatic heterocycles. The van der Waals surface area contributed by atoms with E-state index >= 15 is 0 Å². The molecule has 2 atom stereocenters. The second-order valence-corrected chi connectivity index (χ2v) is 7.01. The van der Waals surface area contributed by atoms with Crippen LogP contribution >= 0.6 is 7.92 Å². The van der Waals surface area contributed by atoms with Gasteiger partial charge < -0.3 is 9.47 Å². The van der Waals surface area contributed by atoms with Gasteiger partial charge in [0.25, 0.3) is 0 Å². The van der Waals surface area contributed by atoms with Crippen LogP contribution in [-0.4, -0.2) is 44.1 Å². The van der Waals surface area contributed by atoms with Gasteiger partial charge in [0.15, 0.2) is 0 Å². The average molecular weight is 460 g/mol. The van der Waals surface area contributed by atoms with E-state index in [0.717, 1.165) is 0 Å². The molecule has 0 radical (unpaired) electrons. The molecule has 0 aromatic carbocycles. The first-order valence-corrected chi connectivity index (χ1v) is 8.70. The molecular formula is C18H17CrO9P. The standard InChI is InChI=1S/C13H17O4P.5CO.Cr/c1-6-7(2)11-9(13(15)17-4)8(12(14)16-3)10(6)18(11)5;5*1-2;/h10-11H,1-5H3;;;;;;. The molecule has 0 saturated heterocycles. The second-order valence-electron chi connectivity index (χ2n) is 4.65. The number of hydrogen-bond donors (Lipinski definition) is 0. The summed E-state index contributed by atoms with van der Waals surface area (Å²) in [5, 5.41) is 0. The number of methoxy groups -OCH3 is 2. The Bertz CT molecular complexity index is 622. The molecule has 2 aliphatic rings. The summed E-state index contributed by atoms with van der Waals surface area (Å²) in [7, 11) is 2.23. The zero-order valence-corrected chi connectivity index (χ0v) is 18.4. The monoisotopic (exact) mass is 460 g/mol. The number of carbonyl (C=O) groups excluding carboxylic acids is 2. The molecule has 0 saturated carbocycles. The Morgan fingerprint density at radius 2 is 0.931 bits per heavy atom. The van der Waals surface area contributed by atoms with E-state index in [-0.39, 0.29) is 28.7 Å². The first kappa shape index (κ1) is 37.8. The minimum atomic E-state index is -0.460. The van der Waals surface area contributed by atoms with Crippen LogP contribution in [0.25, 0.3) is 0 Å². The van der Waals surface area contributed by atoms with Gasteiger partial charge in [0.05, 0.1) is 25.4 Å². The molecule has 2 rings (SSSR count). The average Bonchev–Trinajstić information content (AvgIpc) is 3.21. The third-order valence-corrected chi connectivity index (χ3v) is 6.82. The molecule has 2 bridgehead atoms. The van der Waals surface area contributed by atoms with Crippen LogP contribution in [0.4, 0.5) is 0 Å². The molecule has 11 heteroatoms. The van der Waals surface area contributed by atoms with Crippen molar-refractivity contribution in [3.63, 3.8) is 0 Å². The third kappa shape index (κ3) is 8.54. The van der Waals surface area contributed by atoms with E-state index in [2.05, 4.69) is 39.9 Å². The molecule has 2 heterocycles. The first-order valence-electron chi connectivity index (χ1n) is 6.77. The van der Waals surface area contributed by atoms with Gasteiger partial charge in [0.2, 0.25) is 0 Å². The Labute approximate surface area is 181 Å². The molecular weight excluding hydrogens is 443 g/mol. The van der Waals surface area contributed by atoms with Crippen LogP contribution in [0.15, 0.2) is 22.3 Å². The van der Waals surface area contributed by atoms with Crippen molar-refractivity contribution in [2.45, 2.75) is 25.2 Å². The summed E-state index contributed by atoms with van der Waals surface area (Å²) in [6.07, 6.45) is 0. The van der Waals surface area contributed by atoms with Crippen molar-refractivity contribution in [2.24, 2.45) is 0 Å². The van der Waals surface area contributed by atoms with Gasteiger partial charge in [-0.15, -0.1) is 0 Å². The van der Waals surface area contributed by atoms with Crippen molar-refractivity contribution in [3.05, 3.63) is 55.5 Å². The summed E-state index contributed by atoms with van der Waals surface area (Å²) in [5.74, 6) is -0.798. The van der Waals surface area contributed by atoms with Crippen molar-refractivity contribution in [3.8, 4) is 0 Å². The van der Waals surface area contributed by atoms with Crippen LogP contribution in [-0.2, 0) is 59.7 Å². The van der Waals surface area contributed by atoms with Crippen molar-refractivity contribution in [1.29, 1.82) is 0 Å². The Balaban J connectivity index is -0.000000153. The zero-order valence-electron chi connectivity index (χ0n) is 16.2. The van der Waals surface area contributed by atoms with Gasteiger partial charge in [0.1, 0.15) is 0 Å². The van der Waals surface area contributed by atoms with Gasteiger partial charge in [-0.05, 0) is 20.5 Å². The maximum atomic E-state index is 11.9. The zero-order chi connectivity index (χ0) is 23.6. The molecule has 2 unspecified atom stereocenters. The number of ether oxygens (including phenoxy) is 2. The van der Waals surface area contributed by atoms with Crippen LogP contribution < -0.4 is 0 Å². The van der Waals surface area contributed by atoms with Crippen LogP contribution in [0, 0.1) is 33.3 Å². The van der Waals surface area contributed by atoms with E-state index in [1.165, 1.54) is 25.4 Å². The van der Waals surface area contributed by atoms with Gasteiger partial charge in [-0.1, -0.05) is 19.1 Å². The van der Waals surface area contributed by atoms with Crippen LogP contribution in [0.1, 0.15) is 13.8 Å². The molecule has 0 aromatic rings. The summed E-state index contributed by atoms with van der Waals surface area (Å²) in [5.41, 5.74) is 3.58. The number of esters is 2. The summed E-state index contributed by atoms with van der Waals surface area (Å²) in [6, 6.07) is 0. The van der Waals surface area contributed by atoms with Gasteiger partial charge in [-0.25, -0.2) is 9.59 Å². The fraction of sp³-hybridized carbons (Fsp3) is 0.389. The SMILES string of the molecule is COC(=O)C1=C(C(=O)OC)C2C(C)=C(C)C1P2C.[C-]#[O+].[C-]#[O+].[C-]#[O+].[C-]#[O+].[C-]#[O+].[Cr]. The summed E-state index contributed by atoms with van der Waals surface area (Å²) < 4.78 is 47.2. The molecule has 0 amide bonds. The summed E-state index contributed by atoms with van der Waals surface area (Å²) in [6.45, 7) is 28.7. The first-order chi connectivity index (χ1) is 13.5. The molecule has 0 spiro atoms. The predicted octanol–water partition coefficient (Wildman–Crippen LogP) is 1.65. The summed E-state index contributed by atoms with van der Waals surface area (Å²) in [4.78, 5) is 23.9. The Morgan fingerprint density at radius 1 is 0.724 bits per heavy atom. The normalized spacial score (nSPS) is 18.9. The van der Waals surface area contributed by atoms with Gasteiger partial charge in [-0.2, -0.15) is 0 Å². The van der Waals surface area contributed by atoms with E-state index in [9.17, 15) is 9.59 Å². The number of allylic oxidation sites excluding steroid dienone is 2. The Kier molecular flexibility index (Phi) is 29.1. The third-order valence-electron chi connectivity index (χ3n) is 3.90. The fourth-order valence-electron chi connectivity index (χ4n) is 2.99. The van der Waals surface area contributed by atoms with E-state index in [1.807, 2.05) is 13.8 Å². The van der Waals surface area contributed by atoms with Crippen LogP contribution in [0.5, 0.6) is 0 Å². The Morgan fingerprint density at radius 3 is 1.10 bits per heavy atom. The second kappa shape index (κ2) is 22.4. The van der Waals surface area contributed by atoms with Crippen molar-refractivity contribution in [1.82, 2.24) is 0 Å². The number of rotatable bonds is 2. The number of carbonyl (C=O) groups is 2. The van der Waals surface area contributed by atoms with E-state index in [4.69, 9.17) is 32.7 Å². The molecule has 29 heavy (non-hydrogen) atoms. The maximum Gasteiger partial charge on any atom is 0 e. The van der Waals surface area contributed by atoms with E-state index in [0.29, 0.717) is 11.1 Å². The molecule has 0 N–H and O–H groups in total. The van der Waals surface area contributed by atoms with E-state index < -0.39 is 19.9 Å². The molecule has 0 fully saturated rings. The largest absolute Gasteiger partial charge is 0 e. The number of hydrogen-bond acceptors (Lipinski definition) is 4. The molecule has 154 valence electrons. The minimum Gasteiger partial charge on any atom is 0 e. The van der Waals surface area contributed by atoms with Crippen molar-refractivity contribution in [2.75, 3.05) is 20.9 Å². The quantitative estimate of drug-likeness (QED) is 0.202. The van der Waals surface area contributed by atoms with Crippen molar-refractivity contribution >= 4 is 19.9 Å². The maximum absolute atomic E-state index is 11.9. The van der Waals surface area contributed by atoms with Crippen molar-refractivity contribution < 1.29 is 59.7 Å². The topological polar surface area (TPSA) is 152 Å². The van der Waals surface area contributed by atoms with Gasteiger partial charge in [-0.3, -0.25) is 0 Å². The van der Waals surface area contributed by atoms with Crippen LogP contribution in [0.2, 0.25) is 0 Å². The fourth-order valence-corrected chi connectivity index (χ4v) is 6.22. The molecule has 0 aliphatic carbocycles. The molecule has 9 nitrogen and oxygen atoms in total. The van der Waals surface area contributed by atoms with E-state index in [1.54, 1.807) is 0 Å². The smallest absolute Gasteiger partial charge is 0 e. The predicted molar refractivity (Wildman–Crippen MR) is 89.5 cm³/mol.